The zero-order chi connectivity index (χ0) is 41.8. The van der Waals surface area contributed by atoms with Crippen LogP contribution in [0.4, 0.5) is 92.2 Å². The number of phosphoric acid groups is 1. The fourth-order valence-electron chi connectivity index (χ4n) is 4.45. The van der Waals surface area contributed by atoms with E-state index < -0.39 is 139 Å². The molecule has 26 heteroatoms. The van der Waals surface area contributed by atoms with Crippen LogP contribution in [0.5, 0.6) is 0 Å². The van der Waals surface area contributed by atoms with E-state index in [0.29, 0.717) is 0 Å². The standard InChI is InChI=1S/C27H36F21O4P/c28-19(22(31,32)33,23(34,35)36)13-7-1-4-10-16-50-53(49,51-17-11-5-2-8-14-20(29,24(37,38)39)25(40,41)42)52-18-12-6-3-9-15-21(30,26(43,44)45)27(46,47)48/h1-18H2. The monoisotopic (exact) mass is 854 g/mol. The fourth-order valence-corrected chi connectivity index (χ4v) is 5.73. The molecule has 0 atom stereocenters. The molecular weight excluding hydrogens is 818 g/mol. The number of phosphoric ester groups is 1. The first-order valence-electron chi connectivity index (χ1n) is 15.6. The highest BCUT2D eigenvalue weighted by Crippen LogP contribution is 2.52. The van der Waals surface area contributed by atoms with E-state index in [1.54, 1.807) is 0 Å². The van der Waals surface area contributed by atoms with Gasteiger partial charge in [-0.25, -0.2) is 17.7 Å². The lowest BCUT2D eigenvalue weighted by molar-refractivity contribution is -0.344. The van der Waals surface area contributed by atoms with Gasteiger partial charge in [0.2, 0.25) is 0 Å². The largest absolute Gasteiger partial charge is 0.474 e. The zero-order valence-electron chi connectivity index (χ0n) is 27.2. The number of hydrogen-bond acceptors (Lipinski definition) is 4. The van der Waals surface area contributed by atoms with Gasteiger partial charge < -0.3 is 0 Å². The smallest absolute Gasteiger partial charge is 0.287 e. The number of rotatable bonds is 24. The molecule has 0 unspecified atom stereocenters. The van der Waals surface area contributed by atoms with E-state index in [9.17, 15) is 96.8 Å². The Morgan fingerprint density at radius 3 is 0.623 bits per heavy atom. The van der Waals surface area contributed by atoms with Crippen LogP contribution < -0.4 is 0 Å². The van der Waals surface area contributed by atoms with Crippen molar-refractivity contribution in [2.24, 2.45) is 0 Å². The van der Waals surface area contributed by atoms with Crippen molar-refractivity contribution < 1.29 is 110 Å². The highest BCUT2D eigenvalue weighted by molar-refractivity contribution is 7.48. The molecule has 0 aliphatic carbocycles. The van der Waals surface area contributed by atoms with Crippen molar-refractivity contribution in [3.8, 4) is 0 Å². The Labute approximate surface area is 289 Å². The van der Waals surface area contributed by atoms with Crippen LogP contribution >= 0.6 is 7.82 Å². The van der Waals surface area contributed by atoms with E-state index in [4.69, 9.17) is 13.6 Å². The Hall–Kier alpha value is -1.36. The molecule has 0 aromatic carbocycles. The van der Waals surface area contributed by atoms with Gasteiger partial charge in [-0.15, -0.1) is 0 Å². The summed E-state index contributed by atoms with van der Waals surface area (Å²) < 4.78 is 296. The van der Waals surface area contributed by atoms with E-state index in [1.165, 1.54) is 0 Å². The van der Waals surface area contributed by atoms with Gasteiger partial charge in [-0.05, 0) is 57.8 Å². The molecule has 0 aliphatic heterocycles. The lowest BCUT2D eigenvalue weighted by atomic mass is 9.96. The molecule has 53 heavy (non-hydrogen) atoms. The summed E-state index contributed by atoms with van der Waals surface area (Å²) >= 11 is 0. The lowest BCUT2D eigenvalue weighted by Crippen LogP contribution is -2.53. The van der Waals surface area contributed by atoms with Crippen LogP contribution in [0.3, 0.4) is 0 Å². The molecule has 4 nitrogen and oxygen atoms in total. The maximum absolute atomic E-state index is 13.7. The summed E-state index contributed by atoms with van der Waals surface area (Å²) in [6.45, 7) is -1.88. The molecule has 0 fully saturated rings. The average Bonchev–Trinajstić information content (AvgIpc) is 2.95. The van der Waals surface area contributed by atoms with Crippen LogP contribution in [0.2, 0.25) is 0 Å². The Morgan fingerprint density at radius 2 is 0.453 bits per heavy atom. The highest BCUT2D eigenvalue weighted by atomic mass is 31.2. The SMILES string of the molecule is O=P(OCCCCCCC(F)(C(F)(F)F)C(F)(F)F)(OCCCCCCC(F)(C(F)(F)F)C(F)(F)F)OCCCCCCC(F)(C(F)(F)F)C(F)(F)F. The predicted octanol–water partition coefficient (Wildman–Crippen LogP) is 13.5. The van der Waals surface area contributed by atoms with Gasteiger partial charge in [-0.2, -0.15) is 79.0 Å². The molecule has 0 aromatic rings. The van der Waals surface area contributed by atoms with Gasteiger partial charge in [-0.1, -0.05) is 38.5 Å². The van der Waals surface area contributed by atoms with E-state index in [-0.39, 0.29) is 38.5 Å². The van der Waals surface area contributed by atoms with Crippen molar-refractivity contribution in [2.45, 2.75) is 150 Å². The summed E-state index contributed by atoms with van der Waals surface area (Å²) in [5.41, 5.74) is -16.4. The quantitative estimate of drug-likeness (QED) is 0.0551. The normalized spacial score (nSPS) is 15.0. The number of halogens is 21. The highest BCUT2D eigenvalue weighted by Gasteiger charge is 2.73. The first-order valence-corrected chi connectivity index (χ1v) is 17.1. The molecular formula is C27H36F21O4P. The van der Waals surface area contributed by atoms with Crippen molar-refractivity contribution in [1.82, 2.24) is 0 Å². The number of unbranched alkanes of at least 4 members (excludes halogenated alkanes) is 9. The predicted molar refractivity (Wildman–Crippen MR) is 143 cm³/mol. The van der Waals surface area contributed by atoms with Crippen molar-refractivity contribution in [3.63, 3.8) is 0 Å². The summed E-state index contributed by atoms with van der Waals surface area (Å²) in [6, 6.07) is 0. The van der Waals surface area contributed by atoms with Crippen LogP contribution in [-0.4, -0.2) is 73.9 Å². The van der Waals surface area contributed by atoms with Gasteiger partial charge in [0.1, 0.15) is 0 Å². The van der Waals surface area contributed by atoms with E-state index in [0.717, 1.165) is 0 Å². The maximum atomic E-state index is 13.7. The van der Waals surface area contributed by atoms with Crippen LogP contribution in [0.1, 0.15) is 96.3 Å². The van der Waals surface area contributed by atoms with Gasteiger partial charge in [0.05, 0.1) is 19.8 Å². The van der Waals surface area contributed by atoms with Crippen molar-refractivity contribution >= 4 is 7.82 Å². The molecule has 0 spiro atoms. The number of hydrogen-bond donors (Lipinski definition) is 0. The average molecular weight is 855 g/mol. The third-order valence-electron chi connectivity index (χ3n) is 7.69. The molecule has 0 saturated carbocycles. The summed E-state index contributed by atoms with van der Waals surface area (Å²) in [4.78, 5) is 0. The van der Waals surface area contributed by atoms with Crippen LogP contribution in [0.15, 0.2) is 0 Å². The molecule has 0 saturated heterocycles. The molecule has 0 rings (SSSR count). The van der Waals surface area contributed by atoms with Gasteiger partial charge in [0, 0.05) is 0 Å². The zero-order valence-corrected chi connectivity index (χ0v) is 28.1. The minimum Gasteiger partial charge on any atom is -0.287 e. The van der Waals surface area contributed by atoms with Crippen LogP contribution in [0, 0.1) is 0 Å². The Morgan fingerprint density at radius 1 is 0.283 bits per heavy atom. The Bertz CT molecular complexity index is 920. The Kier molecular flexibility index (Phi) is 19.2. The van der Waals surface area contributed by atoms with Gasteiger partial charge >= 0.3 is 44.9 Å². The van der Waals surface area contributed by atoms with Crippen molar-refractivity contribution in [2.75, 3.05) is 19.8 Å². The molecule has 0 heterocycles. The van der Waals surface area contributed by atoms with E-state index >= 15 is 0 Å². The van der Waals surface area contributed by atoms with E-state index in [1.807, 2.05) is 0 Å². The molecule has 0 aromatic heterocycles. The summed E-state index contributed by atoms with van der Waals surface area (Å²) in [6.07, 6.45) is -48.9. The minimum absolute atomic E-state index is 0.219. The van der Waals surface area contributed by atoms with Gasteiger partial charge in [-0.3, -0.25) is 13.6 Å². The summed E-state index contributed by atoms with van der Waals surface area (Å²) in [7, 11) is -4.67. The second-order valence-electron chi connectivity index (χ2n) is 11.8. The Balaban J connectivity index is 5.10. The summed E-state index contributed by atoms with van der Waals surface area (Å²) in [5, 5.41) is 0. The third kappa shape index (κ3) is 15.2. The topological polar surface area (TPSA) is 44.8 Å². The minimum atomic E-state index is -6.26. The molecule has 0 bridgehead atoms. The molecule has 0 radical (unpaired) electrons. The fraction of sp³-hybridized carbons (Fsp3) is 1.00. The van der Waals surface area contributed by atoms with Crippen LogP contribution in [-0.2, 0) is 18.1 Å². The lowest BCUT2D eigenvalue weighted by Gasteiger charge is -2.29. The molecule has 0 aliphatic rings. The second kappa shape index (κ2) is 19.7. The van der Waals surface area contributed by atoms with Crippen LogP contribution in [0.25, 0.3) is 0 Å². The first kappa shape index (κ1) is 51.6. The maximum Gasteiger partial charge on any atom is 0.474 e. The molecule has 0 N–H and O–H groups in total. The molecule has 320 valence electrons. The second-order valence-corrected chi connectivity index (χ2v) is 13.5. The number of alkyl halides is 21. The van der Waals surface area contributed by atoms with Gasteiger partial charge in [0.25, 0.3) is 17.0 Å². The molecule has 0 amide bonds. The van der Waals surface area contributed by atoms with Crippen molar-refractivity contribution in [1.29, 1.82) is 0 Å². The van der Waals surface area contributed by atoms with E-state index in [2.05, 4.69) is 0 Å². The third-order valence-corrected chi connectivity index (χ3v) is 9.19. The van der Waals surface area contributed by atoms with Crippen molar-refractivity contribution in [3.05, 3.63) is 0 Å². The first-order chi connectivity index (χ1) is 23.6. The summed E-state index contributed by atoms with van der Waals surface area (Å²) in [5.74, 6) is 0. The van der Waals surface area contributed by atoms with Gasteiger partial charge in [0.15, 0.2) is 0 Å².